The molecule has 0 fully saturated rings. The van der Waals surface area contributed by atoms with Crippen LogP contribution in [0.15, 0.2) is 23.8 Å². The average Bonchev–Trinajstić information content (AvgIpc) is 2.82. The summed E-state index contributed by atoms with van der Waals surface area (Å²) in [6.07, 6.45) is 3.75. The van der Waals surface area contributed by atoms with Gasteiger partial charge in [0.25, 0.3) is 0 Å². The Hall–Kier alpha value is -1.26. The van der Waals surface area contributed by atoms with E-state index in [4.69, 9.17) is 4.98 Å². The van der Waals surface area contributed by atoms with Gasteiger partial charge in [0, 0.05) is 17.8 Å². The molecule has 1 unspecified atom stereocenters. The number of pyridine rings is 1. The number of thiazole rings is 1. The topological polar surface area (TPSA) is 37.8 Å². The van der Waals surface area contributed by atoms with Crippen molar-refractivity contribution >= 4 is 11.3 Å². The molecule has 0 radical (unpaired) electrons. The maximum atomic E-state index is 4.73. The van der Waals surface area contributed by atoms with Gasteiger partial charge in [0.2, 0.25) is 0 Å². The van der Waals surface area contributed by atoms with Crippen molar-refractivity contribution in [1.82, 2.24) is 15.3 Å². The van der Waals surface area contributed by atoms with Gasteiger partial charge in [-0.05, 0) is 37.1 Å². The third kappa shape index (κ3) is 2.60. The van der Waals surface area contributed by atoms with Crippen LogP contribution in [-0.4, -0.2) is 17.0 Å². The number of hydrogen-bond acceptors (Lipinski definition) is 4. The van der Waals surface area contributed by atoms with Crippen LogP contribution >= 0.6 is 11.3 Å². The third-order valence-corrected chi connectivity index (χ3v) is 3.99. The molecule has 2 rings (SSSR count). The lowest BCUT2D eigenvalue weighted by Gasteiger charge is -2.15. The first-order valence-electron chi connectivity index (χ1n) is 6.16. The fourth-order valence-electron chi connectivity index (χ4n) is 1.89. The highest BCUT2D eigenvalue weighted by Gasteiger charge is 2.18. The Morgan fingerprint density at radius 2 is 2.11 bits per heavy atom. The Bertz CT molecular complexity index is 519. The quantitative estimate of drug-likeness (QED) is 0.918. The van der Waals surface area contributed by atoms with Gasteiger partial charge in [-0.2, -0.15) is 0 Å². The predicted molar refractivity (Wildman–Crippen MR) is 76.1 cm³/mol. The van der Waals surface area contributed by atoms with Gasteiger partial charge in [-0.1, -0.05) is 13.8 Å². The molecular formula is C14H19N3S. The van der Waals surface area contributed by atoms with Crippen LogP contribution in [0.3, 0.4) is 0 Å². The molecule has 1 N–H and O–H groups in total. The summed E-state index contributed by atoms with van der Waals surface area (Å²) < 4.78 is 0. The Labute approximate surface area is 112 Å². The molecule has 0 amide bonds. The van der Waals surface area contributed by atoms with Crippen LogP contribution in [0, 0.1) is 6.92 Å². The van der Waals surface area contributed by atoms with Gasteiger partial charge in [0.05, 0.1) is 11.7 Å². The molecule has 0 saturated carbocycles. The highest BCUT2D eigenvalue weighted by Crippen LogP contribution is 2.28. The second kappa shape index (κ2) is 5.59. The van der Waals surface area contributed by atoms with E-state index in [9.17, 15) is 0 Å². The first-order chi connectivity index (χ1) is 8.63. The molecule has 0 aromatic carbocycles. The Balaban J connectivity index is 2.36. The maximum absolute atomic E-state index is 4.73. The monoisotopic (exact) mass is 261 g/mol. The molecule has 4 heteroatoms. The van der Waals surface area contributed by atoms with Crippen molar-refractivity contribution in [1.29, 1.82) is 0 Å². The fraction of sp³-hybridized carbons (Fsp3) is 0.429. The summed E-state index contributed by atoms with van der Waals surface area (Å²) in [6, 6.07) is 2.17. The maximum Gasteiger partial charge on any atom is 0.114 e. The van der Waals surface area contributed by atoms with Crippen LogP contribution in [0.25, 0.3) is 0 Å². The Morgan fingerprint density at radius 3 is 2.67 bits per heavy atom. The van der Waals surface area contributed by atoms with Gasteiger partial charge < -0.3 is 5.32 Å². The normalized spacial score (nSPS) is 12.9. The number of nitrogens with one attached hydrogen (secondary N) is 1. The van der Waals surface area contributed by atoms with Crippen molar-refractivity contribution in [2.75, 3.05) is 7.05 Å². The zero-order chi connectivity index (χ0) is 13.1. The van der Waals surface area contributed by atoms with Gasteiger partial charge in [-0.15, -0.1) is 11.3 Å². The summed E-state index contributed by atoms with van der Waals surface area (Å²) in [5.74, 6) is 0.475. The number of rotatable bonds is 4. The number of nitrogens with zero attached hydrogens (tertiary/aromatic N) is 2. The first-order valence-corrected chi connectivity index (χ1v) is 7.04. The van der Waals surface area contributed by atoms with E-state index in [1.54, 1.807) is 11.3 Å². The molecule has 0 bridgehead atoms. The van der Waals surface area contributed by atoms with E-state index in [0.29, 0.717) is 5.92 Å². The fourth-order valence-corrected chi connectivity index (χ4v) is 2.99. The van der Waals surface area contributed by atoms with E-state index in [1.165, 1.54) is 11.1 Å². The van der Waals surface area contributed by atoms with Crippen molar-refractivity contribution in [2.45, 2.75) is 32.7 Å². The van der Waals surface area contributed by atoms with Crippen molar-refractivity contribution in [3.8, 4) is 0 Å². The molecule has 1 atom stereocenters. The Morgan fingerprint density at radius 1 is 1.33 bits per heavy atom. The summed E-state index contributed by atoms with van der Waals surface area (Å²) in [4.78, 5) is 8.95. The standard InChI is InChI=1S/C14H19N3S/c1-9(2)12-8-18-14(17-12)13(15-4)11-7-16-6-5-10(11)3/h5-9,13,15H,1-4H3. The van der Waals surface area contributed by atoms with Crippen LogP contribution in [0.2, 0.25) is 0 Å². The van der Waals surface area contributed by atoms with Gasteiger partial charge in [0.1, 0.15) is 5.01 Å². The molecular weight excluding hydrogens is 242 g/mol. The van der Waals surface area contributed by atoms with E-state index in [1.807, 2.05) is 25.5 Å². The van der Waals surface area contributed by atoms with Gasteiger partial charge >= 0.3 is 0 Å². The number of aryl methyl sites for hydroxylation is 1. The van der Waals surface area contributed by atoms with Crippen LogP contribution < -0.4 is 5.32 Å². The van der Waals surface area contributed by atoms with Crippen LogP contribution in [-0.2, 0) is 0 Å². The van der Waals surface area contributed by atoms with Gasteiger partial charge in [0.15, 0.2) is 0 Å². The summed E-state index contributed by atoms with van der Waals surface area (Å²) in [5.41, 5.74) is 3.60. The zero-order valence-corrected chi connectivity index (χ0v) is 12.1. The van der Waals surface area contributed by atoms with Crippen LogP contribution in [0.5, 0.6) is 0 Å². The lowest BCUT2D eigenvalue weighted by Crippen LogP contribution is -2.18. The summed E-state index contributed by atoms with van der Waals surface area (Å²) in [5, 5.41) is 6.59. The predicted octanol–water partition coefficient (Wildman–Crippen LogP) is 3.28. The van der Waals surface area contributed by atoms with E-state index in [2.05, 4.69) is 36.5 Å². The molecule has 18 heavy (non-hydrogen) atoms. The molecule has 2 aromatic rings. The minimum absolute atomic E-state index is 0.135. The van der Waals surface area contributed by atoms with E-state index >= 15 is 0 Å². The Kier molecular flexibility index (Phi) is 4.09. The molecule has 0 aliphatic rings. The first kappa shape index (κ1) is 13.2. The van der Waals surface area contributed by atoms with Gasteiger partial charge in [-0.25, -0.2) is 4.98 Å². The second-order valence-electron chi connectivity index (χ2n) is 4.72. The van der Waals surface area contributed by atoms with E-state index in [-0.39, 0.29) is 6.04 Å². The average molecular weight is 261 g/mol. The molecule has 96 valence electrons. The summed E-state index contributed by atoms with van der Waals surface area (Å²) in [6.45, 7) is 6.45. The highest BCUT2D eigenvalue weighted by molar-refractivity contribution is 7.09. The van der Waals surface area contributed by atoms with Crippen LogP contribution in [0.1, 0.15) is 47.6 Å². The molecule has 3 nitrogen and oxygen atoms in total. The van der Waals surface area contributed by atoms with Crippen molar-refractivity contribution < 1.29 is 0 Å². The third-order valence-electron chi connectivity index (χ3n) is 3.06. The minimum Gasteiger partial charge on any atom is -0.307 e. The highest BCUT2D eigenvalue weighted by atomic mass is 32.1. The molecule has 0 aliphatic heterocycles. The lowest BCUT2D eigenvalue weighted by atomic mass is 10.0. The summed E-state index contributed by atoms with van der Waals surface area (Å²) in [7, 11) is 1.97. The molecule has 0 spiro atoms. The largest absolute Gasteiger partial charge is 0.307 e. The number of aromatic nitrogens is 2. The van der Waals surface area contributed by atoms with E-state index in [0.717, 1.165) is 10.7 Å². The lowest BCUT2D eigenvalue weighted by molar-refractivity contribution is 0.672. The molecule has 2 aromatic heterocycles. The molecule has 0 saturated heterocycles. The SMILES string of the molecule is CNC(c1nc(C(C)C)cs1)c1cnccc1C. The second-order valence-corrected chi connectivity index (χ2v) is 5.61. The smallest absolute Gasteiger partial charge is 0.114 e. The molecule has 0 aliphatic carbocycles. The van der Waals surface area contributed by atoms with Crippen molar-refractivity contribution in [3.63, 3.8) is 0 Å². The van der Waals surface area contributed by atoms with Gasteiger partial charge in [-0.3, -0.25) is 4.98 Å². The number of hydrogen-bond donors (Lipinski definition) is 1. The molecule has 2 heterocycles. The van der Waals surface area contributed by atoms with Crippen molar-refractivity contribution in [2.24, 2.45) is 0 Å². The minimum atomic E-state index is 0.135. The van der Waals surface area contributed by atoms with E-state index < -0.39 is 0 Å². The van der Waals surface area contributed by atoms with Crippen LogP contribution in [0.4, 0.5) is 0 Å². The zero-order valence-electron chi connectivity index (χ0n) is 11.3. The summed E-state index contributed by atoms with van der Waals surface area (Å²) >= 11 is 1.71. The van der Waals surface area contributed by atoms with Crippen molar-refractivity contribution in [3.05, 3.63) is 45.7 Å².